The van der Waals surface area contributed by atoms with Crippen LogP contribution in [0.5, 0.6) is 0 Å². The van der Waals surface area contributed by atoms with E-state index in [4.69, 9.17) is 23.7 Å². The maximum atomic E-state index is 14.1. The average Bonchev–Trinajstić information content (AvgIpc) is 3.29. The number of anilines is 2. The molecule has 0 fully saturated rings. The number of amides is 2. The average molecular weight is 946 g/mol. The Labute approximate surface area is 387 Å². The zero-order chi connectivity index (χ0) is 49.5. The monoisotopic (exact) mass is 945 g/mol. The third-order valence-electron chi connectivity index (χ3n) is 11.5. The summed E-state index contributed by atoms with van der Waals surface area (Å²) in [6.45, 7) is 9.50. The van der Waals surface area contributed by atoms with Gasteiger partial charge in [0.15, 0.2) is 34.3 Å². The van der Waals surface area contributed by atoms with E-state index in [2.05, 4.69) is 5.32 Å². The van der Waals surface area contributed by atoms with E-state index in [9.17, 15) is 47.1 Å². The molecule has 7 atom stereocenters. The maximum Gasteiger partial charge on any atom is 0.303 e. The molecule has 0 saturated carbocycles. The molecule has 3 rings (SSSR count). The number of carbonyl (C=O) groups excluding carboxylic acids is 7. The molecular weight excluding hydrogens is 879 g/mol. The molecule has 0 aromatic heterocycles. The number of hydrogen-bond donors (Lipinski definition) is 2. The number of hydrogen-bond acceptors (Lipinski definition) is 16. The summed E-state index contributed by atoms with van der Waals surface area (Å²) in [5.74, 6) is -6.05. The van der Waals surface area contributed by atoms with E-state index in [0.29, 0.717) is 29.7 Å². The first kappa shape index (κ1) is 54.8. The molecule has 2 amide bonds. The lowest BCUT2D eigenvalue weighted by atomic mass is 9.69. The Morgan fingerprint density at radius 1 is 0.788 bits per heavy atom. The number of sulfone groups is 1. The van der Waals surface area contributed by atoms with Crippen LogP contribution in [-0.2, 0) is 67.1 Å². The highest BCUT2D eigenvalue weighted by molar-refractivity contribution is 7.91. The summed E-state index contributed by atoms with van der Waals surface area (Å²) in [6.07, 6.45) is -4.32. The molecule has 366 valence electrons. The van der Waals surface area contributed by atoms with E-state index >= 15 is 0 Å². The second-order valence-electron chi connectivity index (χ2n) is 17.0. The van der Waals surface area contributed by atoms with Gasteiger partial charge >= 0.3 is 29.8 Å². The van der Waals surface area contributed by atoms with Crippen LogP contribution in [0.15, 0.2) is 47.4 Å². The van der Waals surface area contributed by atoms with Crippen molar-refractivity contribution in [1.82, 2.24) is 4.90 Å². The predicted octanol–water partition coefficient (Wildman–Crippen LogP) is 4.87. The summed E-state index contributed by atoms with van der Waals surface area (Å²) in [6, 6.07) is 12.2. The summed E-state index contributed by atoms with van der Waals surface area (Å²) in [5.41, 5.74) is 1.41. The van der Waals surface area contributed by atoms with Crippen LogP contribution in [0.25, 0.3) is 0 Å². The van der Waals surface area contributed by atoms with Crippen molar-refractivity contribution in [3.8, 4) is 0 Å². The van der Waals surface area contributed by atoms with Crippen LogP contribution in [0, 0.1) is 5.41 Å². The molecule has 2 N–H and O–H groups in total. The number of esters is 5. The summed E-state index contributed by atoms with van der Waals surface area (Å²) >= 11 is 0. The standard InChI is InChI=1S/C47H67N3O15S/c1-11-13-22-47(12-2)28-66(59,60)41-21-20-37(49(9)10)25-38(41)43(46(47)58)35-17-16-18-36(24-35)48-42(57)19-14-15-23-50(29(3)51)26-39(62-31(5)53)44(64-33(7)55)45(65-34(8)56)40(63-32(6)54)27-61-30(4)52/h16-18,20-21,24-25,39-40,43-46,58H,11-15,19,22-23,26-28H2,1-10H3,(H,48,57)/t39-,40+,43-,44+,45+,46-,47-/m0/s1. The number of nitrogens with one attached hydrogen (secondary N) is 1. The fourth-order valence-electron chi connectivity index (χ4n) is 8.34. The Kier molecular flexibility index (Phi) is 20.6. The second kappa shape index (κ2) is 24.8. The summed E-state index contributed by atoms with van der Waals surface area (Å²) in [5, 5.41) is 15.3. The summed E-state index contributed by atoms with van der Waals surface area (Å²) < 4.78 is 55.0. The van der Waals surface area contributed by atoms with Crippen molar-refractivity contribution in [3.63, 3.8) is 0 Å². The predicted molar refractivity (Wildman–Crippen MR) is 243 cm³/mol. The third-order valence-corrected chi connectivity index (χ3v) is 13.5. The van der Waals surface area contributed by atoms with E-state index in [-0.39, 0.29) is 42.4 Å². The van der Waals surface area contributed by atoms with Crippen LogP contribution in [0.3, 0.4) is 0 Å². The largest absolute Gasteiger partial charge is 0.462 e. The van der Waals surface area contributed by atoms with Gasteiger partial charge in [0.2, 0.25) is 11.8 Å². The van der Waals surface area contributed by atoms with Gasteiger partial charge in [-0.1, -0.05) is 38.8 Å². The van der Waals surface area contributed by atoms with Crippen LogP contribution in [0.4, 0.5) is 11.4 Å². The number of rotatable bonds is 23. The fraction of sp³-hybridized carbons (Fsp3) is 0.596. The first-order chi connectivity index (χ1) is 30.9. The molecule has 66 heavy (non-hydrogen) atoms. The molecule has 19 heteroatoms. The van der Waals surface area contributed by atoms with Gasteiger partial charge in [0.25, 0.3) is 0 Å². The van der Waals surface area contributed by atoms with Crippen LogP contribution in [0.2, 0.25) is 0 Å². The molecule has 0 saturated heterocycles. The molecule has 2 aromatic carbocycles. The van der Waals surface area contributed by atoms with Crippen molar-refractivity contribution < 1.29 is 70.8 Å². The van der Waals surface area contributed by atoms with Crippen molar-refractivity contribution in [3.05, 3.63) is 53.6 Å². The highest BCUT2D eigenvalue weighted by Gasteiger charge is 2.49. The molecule has 1 aliphatic heterocycles. The Morgan fingerprint density at radius 2 is 1.39 bits per heavy atom. The van der Waals surface area contributed by atoms with Crippen LogP contribution in [-0.4, -0.2) is 130 Å². The van der Waals surface area contributed by atoms with Crippen molar-refractivity contribution in [2.24, 2.45) is 5.41 Å². The van der Waals surface area contributed by atoms with Gasteiger partial charge in [-0.05, 0) is 67.1 Å². The van der Waals surface area contributed by atoms with E-state index in [1.54, 1.807) is 30.3 Å². The smallest absolute Gasteiger partial charge is 0.303 e. The minimum atomic E-state index is -3.80. The van der Waals surface area contributed by atoms with Gasteiger partial charge < -0.3 is 43.9 Å². The quantitative estimate of drug-likeness (QED) is 0.0859. The zero-order valence-corrected chi connectivity index (χ0v) is 40.6. The number of nitrogens with zero attached hydrogens (tertiary/aromatic N) is 2. The molecule has 0 aliphatic carbocycles. The van der Waals surface area contributed by atoms with Crippen molar-refractivity contribution in [2.75, 3.05) is 49.8 Å². The lowest BCUT2D eigenvalue weighted by molar-refractivity contribution is -0.203. The molecule has 0 unspecified atom stereocenters. The van der Waals surface area contributed by atoms with Gasteiger partial charge in [-0.15, -0.1) is 0 Å². The molecule has 1 aliphatic rings. The number of aliphatic hydroxyl groups is 1. The summed E-state index contributed by atoms with van der Waals surface area (Å²) in [4.78, 5) is 90.7. The Bertz CT molecular complexity index is 2160. The van der Waals surface area contributed by atoms with Crippen LogP contribution in [0.1, 0.15) is 117 Å². The van der Waals surface area contributed by atoms with Crippen LogP contribution < -0.4 is 10.2 Å². The summed E-state index contributed by atoms with van der Waals surface area (Å²) in [7, 11) is -0.0937. The lowest BCUT2D eigenvalue weighted by Crippen LogP contribution is -2.56. The van der Waals surface area contributed by atoms with Gasteiger partial charge in [-0.2, -0.15) is 0 Å². The minimum Gasteiger partial charge on any atom is -0.462 e. The number of aliphatic hydroxyl groups excluding tert-OH is 1. The normalized spacial score (nSPS) is 19.3. The number of fused-ring (bicyclic) bond motifs is 1. The Balaban J connectivity index is 1.87. The molecule has 2 aromatic rings. The van der Waals surface area contributed by atoms with Crippen LogP contribution >= 0.6 is 0 Å². The highest BCUT2D eigenvalue weighted by atomic mass is 32.2. The molecular formula is C47H67N3O15S. The SMILES string of the molecule is CCCC[C@@]1(CC)CS(=O)(=O)c2ccc(N(C)C)cc2[C@H](c2cccc(NC(=O)CCCCN(C[C@H](OC(C)=O)[C@@H](OC(C)=O)[C@H](OC(C)=O)[C@@H](COC(C)=O)OC(C)=O)C(C)=O)c2)[C@@H]1O. The van der Waals surface area contributed by atoms with Gasteiger partial charge in [0.05, 0.1) is 23.3 Å². The Hall–Kier alpha value is -5.56. The van der Waals surface area contributed by atoms with Gasteiger partial charge in [-0.3, -0.25) is 33.6 Å². The molecule has 0 bridgehead atoms. The number of unbranched alkanes of at least 4 members (excludes halogenated alkanes) is 2. The third kappa shape index (κ3) is 15.5. The van der Waals surface area contributed by atoms with E-state index < -0.39 is 101 Å². The molecule has 18 nitrogen and oxygen atoms in total. The zero-order valence-electron chi connectivity index (χ0n) is 39.7. The number of ether oxygens (including phenoxy) is 5. The second-order valence-corrected chi connectivity index (χ2v) is 18.9. The topological polar surface area (TPSA) is 239 Å². The van der Waals surface area contributed by atoms with E-state index in [0.717, 1.165) is 53.1 Å². The Morgan fingerprint density at radius 3 is 1.94 bits per heavy atom. The highest BCUT2D eigenvalue weighted by Crippen LogP contribution is 2.49. The molecule has 0 spiro atoms. The number of benzene rings is 2. The minimum absolute atomic E-state index is 0.0173. The van der Waals surface area contributed by atoms with Crippen molar-refractivity contribution in [2.45, 2.75) is 142 Å². The van der Waals surface area contributed by atoms with Gasteiger partial charge in [0, 0.05) is 91.3 Å². The lowest BCUT2D eigenvalue weighted by Gasteiger charge is -2.39. The first-order valence-electron chi connectivity index (χ1n) is 22.1. The van der Waals surface area contributed by atoms with E-state index in [1.807, 2.05) is 45.0 Å². The number of carbonyl (C=O) groups is 7. The van der Waals surface area contributed by atoms with Gasteiger partial charge in [0.1, 0.15) is 6.61 Å². The van der Waals surface area contributed by atoms with Crippen molar-refractivity contribution in [1.29, 1.82) is 0 Å². The molecule has 1 heterocycles. The fourth-order valence-corrected chi connectivity index (χ4v) is 10.6. The first-order valence-corrected chi connectivity index (χ1v) is 23.8. The maximum absolute atomic E-state index is 14.1. The van der Waals surface area contributed by atoms with Gasteiger partial charge in [-0.25, -0.2) is 8.42 Å². The van der Waals surface area contributed by atoms with Crippen molar-refractivity contribution >= 4 is 62.9 Å². The molecule has 0 radical (unpaired) electrons. The van der Waals surface area contributed by atoms with E-state index in [1.165, 1.54) is 11.8 Å².